The molecule has 6 nitrogen and oxygen atoms in total. The lowest BCUT2D eigenvalue weighted by atomic mass is 9.95. The van der Waals surface area contributed by atoms with Gasteiger partial charge in [-0.05, 0) is 61.4 Å². The molecule has 1 heterocycles. The number of anilines is 1. The average Bonchev–Trinajstić information content (AvgIpc) is 3.21. The van der Waals surface area contributed by atoms with E-state index in [0.29, 0.717) is 28.6 Å². The van der Waals surface area contributed by atoms with E-state index in [1.54, 1.807) is 28.9 Å². The standard InChI is InChI=1S/C31H33Cl2N3O3/c1-20(30(38)34-23-10-3-2-4-11-23)36(19-21-15-16-25(32)26(33)18-21)28(37)14-7-17-35-27-13-6-9-22-8-5-12-24(29(22)27)31(35)39/h5-6,8-9,12-13,15-16,18,20,23H,2-4,7,10-11,14,17,19H2,1H3,(H,34,38)/t20-/m0/s1. The van der Waals surface area contributed by atoms with E-state index in [4.69, 9.17) is 23.2 Å². The zero-order chi connectivity index (χ0) is 27.5. The van der Waals surface area contributed by atoms with Crippen LogP contribution in [-0.2, 0) is 16.1 Å². The Morgan fingerprint density at radius 1 is 1.03 bits per heavy atom. The number of benzene rings is 3. The van der Waals surface area contributed by atoms with Gasteiger partial charge in [0.15, 0.2) is 0 Å². The Labute approximate surface area is 239 Å². The van der Waals surface area contributed by atoms with Crippen LogP contribution in [0.25, 0.3) is 10.8 Å². The lowest BCUT2D eigenvalue weighted by molar-refractivity contribution is -0.141. The molecule has 1 saturated carbocycles. The van der Waals surface area contributed by atoms with Gasteiger partial charge in [-0.25, -0.2) is 0 Å². The fourth-order valence-electron chi connectivity index (χ4n) is 5.72. The van der Waals surface area contributed by atoms with Crippen LogP contribution in [0, 0.1) is 0 Å². The first-order chi connectivity index (χ1) is 18.8. The monoisotopic (exact) mass is 565 g/mol. The number of halogens is 2. The van der Waals surface area contributed by atoms with Crippen molar-refractivity contribution in [2.45, 2.75) is 70.5 Å². The maximum absolute atomic E-state index is 13.6. The van der Waals surface area contributed by atoms with Crippen LogP contribution in [0.2, 0.25) is 10.0 Å². The van der Waals surface area contributed by atoms with Crippen molar-refractivity contribution in [3.05, 3.63) is 75.8 Å². The molecule has 8 heteroatoms. The summed E-state index contributed by atoms with van der Waals surface area (Å²) in [5.41, 5.74) is 2.38. The Morgan fingerprint density at radius 2 is 1.77 bits per heavy atom. The summed E-state index contributed by atoms with van der Waals surface area (Å²) < 4.78 is 0. The smallest absolute Gasteiger partial charge is 0.258 e. The van der Waals surface area contributed by atoms with E-state index in [1.165, 1.54) is 6.42 Å². The second kappa shape index (κ2) is 12.0. The molecule has 39 heavy (non-hydrogen) atoms. The van der Waals surface area contributed by atoms with Crippen molar-refractivity contribution in [2.75, 3.05) is 11.4 Å². The SMILES string of the molecule is C[C@@H](C(=O)NC1CCCCC1)N(Cc1ccc(Cl)c(Cl)c1)C(=O)CCCN1C(=O)c2cccc3cccc1c23. The predicted molar refractivity (Wildman–Crippen MR) is 156 cm³/mol. The first kappa shape index (κ1) is 27.5. The van der Waals surface area contributed by atoms with Gasteiger partial charge in [0.1, 0.15) is 6.04 Å². The zero-order valence-electron chi connectivity index (χ0n) is 22.1. The van der Waals surface area contributed by atoms with Crippen LogP contribution in [0.3, 0.4) is 0 Å². The molecule has 204 valence electrons. The average molecular weight is 567 g/mol. The Balaban J connectivity index is 1.28. The van der Waals surface area contributed by atoms with Gasteiger partial charge in [-0.1, -0.05) is 72.8 Å². The van der Waals surface area contributed by atoms with Crippen LogP contribution in [0.15, 0.2) is 54.6 Å². The molecule has 1 N–H and O–H groups in total. The van der Waals surface area contributed by atoms with E-state index < -0.39 is 6.04 Å². The number of carbonyl (C=O) groups excluding carboxylic acids is 3. The molecule has 3 aromatic rings. The minimum Gasteiger partial charge on any atom is -0.352 e. The van der Waals surface area contributed by atoms with Crippen LogP contribution < -0.4 is 10.2 Å². The van der Waals surface area contributed by atoms with Gasteiger partial charge in [0.05, 0.1) is 15.7 Å². The van der Waals surface area contributed by atoms with E-state index in [9.17, 15) is 14.4 Å². The van der Waals surface area contributed by atoms with Gasteiger partial charge in [0, 0.05) is 36.5 Å². The minimum absolute atomic E-state index is 0.0397. The Hall–Kier alpha value is -3.09. The molecule has 0 bridgehead atoms. The molecule has 5 rings (SSSR count). The Bertz CT molecular complexity index is 1400. The molecular weight excluding hydrogens is 533 g/mol. The third-order valence-electron chi connectivity index (χ3n) is 7.88. The predicted octanol–water partition coefficient (Wildman–Crippen LogP) is 6.75. The van der Waals surface area contributed by atoms with Crippen molar-refractivity contribution < 1.29 is 14.4 Å². The van der Waals surface area contributed by atoms with E-state index in [2.05, 4.69) is 5.32 Å². The van der Waals surface area contributed by atoms with Gasteiger partial charge in [-0.3, -0.25) is 14.4 Å². The van der Waals surface area contributed by atoms with Crippen LogP contribution >= 0.6 is 23.2 Å². The number of nitrogens with one attached hydrogen (secondary N) is 1. The number of rotatable bonds is 9. The fraction of sp³-hybridized carbons (Fsp3) is 0.387. The summed E-state index contributed by atoms with van der Waals surface area (Å²) in [4.78, 5) is 43.3. The Kier molecular flexibility index (Phi) is 8.43. The van der Waals surface area contributed by atoms with Gasteiger partial charge < -0.3 is 15.1 Å². The lowest BCUT2D eigenvalue weighted by Crippen LogP contribution is -2.50. The summed E-state index contributed by atoms with van der Waals surface area (Å²) in [5.74, 6) is -0.330. The zero-order valence-corrected chi connectivity index (χ0v) is 23.6. The second-order valence-electron chi connectivity index (χ2n) is 10.5. The highest BCUT2D eigenvalue weighted by Crippen LogP contribution is 2.37. The van der Waals surface area contributed by atoms with E-state index in [0.717, 1.165) is 47.7 Å². The molecule has 1 aliphatic heterocycles. The van der Waals surface area contributed by atoms with E-state index >= 15 is 0 Å². The second-order valence-corrected chi connectivity index (χ2v) is 11.3. The van der Waals surface area contributed by atoms with E-state index in [-0.39, 0.29) is 36.7 Å². The molecule has 1 aliphatic carbocycles. The molecule has 2 aliphatic rings. The van der Waals surface area contributed by atoms with Crippen molar-refractivity contribution in [2.24, 2.45) is 0 Å². The van der Waals surface area contributed by atoms with Crippen molar-refractivity contribution in [1.82, 2.24) is 10.2 Å². The maximum atomic E-state index is 13.6. The molecule has 3 aromatic carbocycles. The van der Waals surface area contributed by atoms with Gasteiger partial charge in [0.25, 0.3) is 5.91 Å². The number of nitrogens with zero attached hydrogens (tertiary/aromatic N) is 2. The van der Waals surface area contributed by atoms with Gasteiger partial charge in [0.2, 0.25) is 11.8 Å². The highest BCUT2D eigenvalue weighted by atomic mass is 35.5. The van der Waals surface area contributed by atoms with Crippen molar-refractivity contribution in [3.63, 3.8) is 0 Å². The highest BCUT2D eigenvalue weighted by Gasteiger charge is 2.31. The summed E-state index contributed by atoms with van der Waals surface area (Å²) in [6.45, 7) is 2.43. The van der Waals surface area contributed by atoms with Crippen molar-refractivity contribution >= 4 is 57.4 Å². The maximum Gasteiger partial charge on any atom is 0.258 e. The van der Waals surface area contributed by atoms with Gasteiger partial charge in [-0.2, -0.15) is 0 Å². The summed E-state index contributed by atoms with van der Waals surface area (Å²) in [6.07, 6.45) is 6.04. The molecule has 0 saturated heterocycles. The van der Waals surface area contributed by atoms with Crippen molar-refractivity contribution in [1.29, 1.82) is 0 Å². The summed E-state index contributed by atoms with van der Waals surface area (Å²) in [7, 11) is 0. The normalized spacial score (nSPS) is 16.0. The fourth-order valence-corrected chi connectivity index (χ4v) is 6.04. The molecule has 0 spiro atoms. The van der Waals surface area contributed by atoms with Gasteiger partial charge in [-0.15, -0.1) is 0 Å². The molecule has 0 radical (unpaired) electrons. The highest BCUT2D eigenvalue weighted by molar-refractivity contribution is 6.42. The molecular formula is C31H33Cl2N3O3. The number of hydrogen-bond acceptors (Lipinski definition) is 3. The molecule has 1 fully saturated rings. The number of amides is 3. The molecule has 3 amide bonds. The first-order valence-electron chi connectivity index (χ1n) is 13.7. The van der Waals surface area contributed by atoms with Crippen LogP contribution in [0.1, 0.15) is 67.8 Å². The largest absolute Gasteiger partial charge is 0.352 e. The van der Waals surface area contributed by atoms with E-state index in [1.807, 2.05) is 42.5 Å². The first-order valence-corrected chi connectivity index (χ1v) is 14.5. The van der Waals surface area contributed by atoms with Crippen molar-refractivity contribution in [3.8, 4) is 0 Å². The van der Waals surface area contributed by atoms with Crippen LogP contribution in [0.4, 0.5) is 5.69 Å². The number of hydrogen-bond donors (Lipinski definition) is 1. The molecule has 1 atom stereocenters. The van der Waals surface area contributed by atoms with Crippen LogP contribution in [-0.4, -0.2) is 41.2 Å². The third kappa shape index (κ3) is 5.92. The van der Waals surface area contributed by atoms with Gasteiger partial charge >= 0.3 is 0 Å². The topological polar surface area (TPSA) is 69.7 Å². The minimum atomic E-state index is -0.652. The quantitative estimate of drug-likeness (QED) is 0.312. The Morgan fingerprint density at radius 3 is 2.51 bits per heavy atom. The summed E-state index contributed by atoms with van der Waals surface area (Å²) in [6, 6.07) is 16.4. The molecule has 0 unspecified atom stereocenters. The lowest BCUT2D eigenvalue weighted by Gasteiger charge is -2.31. The summed E-state index contributed by atoms with van der Waals surface area (Å²) in [5, 5.41) is 5.99. The third-order valence-corrected chi connectivity index (χ3v) is 8.62. The van der Waals surface area contributed by atoms with Crippen LogP contribution in [0.5, 0.6) is 0 Å². The number of carbonyl (C=O) groups is 3. The molecule has 0 aromatic heterocycles. The summed E-state index contributed by atoms with van der Waals surface area (Å²) >= 11 is 12.3.